The number of hydrogen-bond donors (Lipinski definition) is 1. The number of carbonyl (C=O) groups is 1. The van der Waals surface area contributed by atoms with Crippen LogP contribution in [-0.4, -0.2) is 15.7 Å². The number of anilines is 1. The number of hydrogen-bond acceptors (Lipinski definition) is 2. The highest BCUT2D eigenvalue weighted by Gasteiger charge is 2.47. The molecular formula is C19H23N3O. The van der Waals surface area contributed by atoms with Gasteiger partial charge in [-0.3, -0.25) is 9.48 Å². The van der Waals surface area contributed by atoms with Crippen molar-refractivity contribution in [1.29, 1.82) is 0 Å². The van der Waals surface area contributed by atoms with Gasteiger partial charge in [0.1, 0.15) is 0 Å². The zero-order valence-corrected chi connectivity index (χ0v) is 13.9. The molecule has 2 aliphatic carbocycles. The van der Waals surface area contributed by atoms with Crippen molar-refractivity contribution in [3.05, 3.63) is 47.3 Å². The van der Waals surface area contributed by atoms with Crippen molar-refractivity contribution >= 4 is 11.6 Å². The number of aryl methyl sites for hydroxylation is 1. The fraction of sp³-hybridized carbons (Fsp3) is 0.474. The number of nitrogens with one attached hydrogen (secondary N) is 1. The largest absolute Gasteiger partial charge is 0.322 e. The average Bonchev–Trinajstić information content (AvgIpc) is 3.20. The Labute approximate surface area is 136 Å². The molecule has 0 saturated heterocycles. The van der Waals surface area contributed by atoms with E-state index in [0.717, 1.165) is 11.6 Å². The molecule has 2 bridgehead atoms. The van der Waals surface area contributed by atoms with Crippen molar-refractivity contribution in [2.75, 3.05) is 5.32 Å². The van der Waals surface area contributed by atoms with Crippen LogP contribution in [0.3, 0.4) is 0 Å². The summed E-state index contributed by atoms with van der Waals surface area (Å²) in [5.74, 6) is 2.60. The van der Waals surface area contributed by atoms with Gasteiger partial charge in [-0.2, -0.15) is 5.10 Å². The molecule has 1 heterocycles. The van der Waals surface area contributed by atoms with Gasteiger partial charge >= 0.3 is 0 Å². The summed E-state index contributed by atoms with van der Waals surface area (Å²) >= 11 is 0. The van der Waals surface area contributed by atoms with Gasteiger partial charge in [0.15, 0.2) is 0 Å². The second-order valence-electron chi connectivity index (χ2n) is 7.28. The topological polar surface area (TPSA) is 46.9 Å². The summed E-state index contributed by atoms with van der Waals surface area (Å²) in [4.78, 5) is 12.5. The van der Waals surface area contributed by atoms with Gasteiger partial charge in [0, 0.05) is 18.9 Å². The molecule has 1 saturated carbocycles. The van der Waals surface area contributed by atoms with Gasteiger partial charge < -0.3 is 5.32 Å². The van der Waals surface area contributed by atoms with Crippen molar-refractivity contribution in [3.63, 3.8) is 0 Å². The lowest BCUT2D eigenvalue weighted by Gasteiger charge is -2.21. The molecule has 1 amide bonds. The lowest BCUT2D eigenvalue weighted by Crippen LogP contribution is -2.15. The van der Waals surface area contributed by atoms with Gasteiger partial charge in [-0.1, -0.05) is 26.0 Å². The third-order valence-electron chi connectivity index (χ3n) is 5.61. The molecule has 4 rings (SSSR count). The Bertz CT molecular complexity index is 762. The molecule has 0 aliphatic heterocycles. The standard InChI is InChI=1S/C19H23N3O/c1-11(2)17-14-7-8-15(17)18-13(14)5-4-6-16(18)21-19(23)12-9-20-22(3)10-12/h4-6,9-11,14-15,17H,7-8H2,1-3H3,(H,21,23). The monoisotopic (exact) mass is 309 g/mol. The SMILES string of the molecule is CC(C)C1C2CCC1c1c(NC(=O)c3cnn(C)c3)cccc12. The van der Waals surface area contributed by atoms with Crippen LogP contribution >= 0.6 is 0 Å². The van der Waals surface area contributed by atoms with Crippen LogP contribution < -0.4 is 5.32 Å². The Morgan fingerprint density at radius 1 is 1.30 bits per heavy atom. The fourth-order valence-corrected chi connectivity index (χ4v) is 4.82. The molecule has 1 aromatic carbocycles. The average molecular weight is 309 g/mol. The molecule has 3 atom stereocenters. The highest BCUT2D eigenvalue weighted by atomic mass is 16.1. The molecule has 120 valence electrons. The molecule has 1 fully saturated rings. The molecule has 0 spiro atoms. The lowest BCUT2D eigenvalue weighted by molar-refractivity contribution is 0.102. The molecule has 2 aliphatic rings. The lowest BCUT2D eigenvalue weighted by atomic mass is 9.85. The Hall–Kier alpha value is -2.10. The number of carbonyl (C=O) groups excluding carboxylic acids is 1. The van der Waals surface area contributed by atoms with Crippen LogP contribution in [0.4, 0.5) is 5.69 Å². The number of fused-ring (bicyclic) bond motifs is 5. The van der Waals surface area contributed by atoms with E-state index < -0.39 is 0 Å². The molecule has 2 aromatic rings. The second-order valence-corrected chi connectivity index (χ2v) is 7.28. The van der Waals surface area contributed by atoms with Gasteiger partial charge in [0.05, 0.1) is 11.8 Å². The summed E-state index contributed by atoms with van der Waals surface area (Å²) in [7, 11) is 1.82. The number of aromatic nitrogens is 2. The number of amides is 1. The second kappa shape index (κ2) is 5.22. The first-order chi connectivity index (χ1) is 11.1. The number of nitrogens with zero attached hydrogens (tertiary/aromatic N) is 2. The minimum absolute atomic E-state index is 0.0737. The number of rotatable bonds is 3. The van der Waals surface area contributed by atoms with Crippen LogP contribution in [0.1, 0.15) is 60.0 Å². The summed E-state index contributed by atoms with van der Waals surface area (Å²) in [6.45, 7) is 4.66. The maximum absolute atomic E-state index is 12.5. The predicted molar refractivity (Wildman–Crippen MR) is 90.6 cm³/mol. The Kier molecular flexibility index (Phi) is 3.29. The van der Waals surface area contributed by atoms with Gasteiger partial charge in [0.2, 0.25) is 0 Å². The predicted octanol–water partition coefficient (Wildman–Crippen LogP) is 3.92. The van der Waals surface area contributed by atoms with E-state index in [1.165, 1.54) is 24.0 Å². The van der Waals surface area contributed by atoms with Crippen LogP contribution in [0, 0.1) is 11.8 Å². The Morgan fingerprint density at radius 2 is 2.09 bits per heavy atom. The molecule has 3 unspecified atom stereocenters. The van der Waals surface area contributed by atoms with E-state index in [4.69, 9.17) is 0 Å². The number of benzene rings is 1. The maximum atomic E-state index is 12.5. The third-order valence-corrected chi connectivity index (χ3v) is 5.61. The van der Waals surface area contributed by atoms with E-state index in [-0.39, 0.29) is 5.91 Å². The van der Waals surface area contributed by atoms with Crippen molar-refractivity contribution in [2.45, 2.75) is 38.5 Å². The minimum atomic E-state index is -0.0737. The molecular weight excluding hydrogens is 286 g/mol. The smallest absolute Gasteiger partial charge is 0.258 e. The highest BCUT2D eigenvalue weighted by molar-refractivity contribution is 6.04. The van der Waals surface area contributed by atoms with Gasteiger partial charge in [-0.05, 0) is 53.7 Å². The zero-order chi connectivity index (χ0) is 16.1. The molecule has 23 heavy (non-hydrogen) atoms. The minimum Gasteiger partial charge on any atom is -0.322 e. The van der Waals surface area contributed by atoms with Crippen LogP contribution in [0.5, 0.6) is 0 Å². The van der Waals surface area contributed by atoms with Gasteiger partial charge in [0.25, 0.3) is 5.91 Å². The van der Waals surface area contributed by atoms with Crippen molar-refractivity contribution in [1.82, 2.24) is 9.78 Å². The normalized spacial score (nSPS) is 25.0. The maximum Gasteiger partial charge on any atom is 0.258 e. The first kappa shape index (κ1) is 14.5. The summed E-state index contributed by atoms with van der Waals surface area (Å²) in [5, 5.41) is 7.21. The Balaban J connectivity index is 1.67. The third kappa shape index (κ3) is 2.19. The summed E-state index contributed by atoms with van der Waals surface area (Å²) in [6.07, 6.45) is 5.91. The van der Waals surface area contributed by atoms with Crippen LogP contribution in [0.15, 0.2) is 30.6 Å². The van der Waals surface area contributed by atoms with E-state index >= 15 is 0 Å². The van der Waals surface area contributed by atoms with Crippen LogP contribution in [0.25, 0.3) is 0 Å². The summed E-state index contributed by atoms with van der Waals surface area (Å²) in [6, 6.07) is 6.38. The van der Waals surface area contributed by atoms with Crippen LogP contribution in [0.2, 0.25) is 0 Å². The van der Waals surface area contributed by atoms with Crippen molar-refractivity contribution < 1.29 is 4.79 Å². The van der Waals surface area contributed by atoms with E-state index in [0.29, 0.717) is 23.3 Å². The molecule has 1 aromatic heterocycles. The van der Waals surface area contributed by atoms with E-state index in [2.05, 4.69) is 36.4 Å². The Morgan fingerprint density at radius 3 is 2.78 bits per heavy atom. The van der Waals surface area contributed by atoms with Crippen LogP contribution in [-0.2, 0) is 7.05 Å². The molecule has 0 radical (unpaired) electrons. The van der Waals surface area contributed by atoms with E-state index in [1.54, 1.807) is 17.1 Å². The fourth-order valence-electron chi connectivity index (χ4n) is 4.82. The summed E-state index contributed by atoms with van der Waals surface area (Å²) in [5.41, 5.74) is 4.45. The van der Waals surface area contributed by atoms with Crippen molar-refractivity contribution in [3.8, 4) is 0 Å². The molecule has 4 heteroatoms. The van der Waals surface area contributed by atoms with E-state index in [1.807, 2.05) is 13.1 Å². The highest BCUT2D eigenvalue weighted by Crippen LogP contribution is 2.61. The van der Waals surface area contributed by atoms with Crippen molar-refractivity contribution in [2.24, 2.45) is 18.9 Å². The zero-order valence-electron chi connectivity index (χ0n) is 13.9. The summed E-state index contributed by atoms with van der Waals surface area (Å²) < 4.78 is 1.65. The quantitative estimate of drug-likeness (QED) is 0.934. The first-order valence-corrected chi connectivity index (χ1v) is 8.49. The van der Waals surface area contributed by atoms with Gasteiger partial charge in [-0.15, -0.1) is 0 Å². The van der Waals surface area contributed by atoms with Gasteiger partial charge in [-0.25, -0.2) is 0 Å². The molecule has 1 N–H and O–H groups in total. The first-order valence-electron chi connectivity index (χ1n) is 8.49. The van der Waals surface area contributed by atoms with E-state index in [9.17, 15) is 4.79 Å². The molecule has 4 nitrogen and oxygen atoms in total.